The molecule has 2 unspecified atom stereocenters. The van der Waals surface area contributed by atoms with Gasteiger partial charge in [-0.3, -0.25) is 4.90 Å². The minimum Gasteiger partial charge on any atom is -0.330 e. The van der Waals surface area contributed by atoms with Gasteiger partial charge in [0.05, 0.1) is 0 Å². The predicted octanol–water partition coefficient (Wildman–Crippen LogP) is 0.675. The monoisotopic (exact) mass is 142 g/mol. The van der Waals surface area contributed by atoms with Crippen LogP contribution in [0.25, 0.3) is 0 Å². The Bertz CT molecular complexity index is 120. The average Bonchev–Trinajstić information content (AvgIpc) is 2.40. The van der Waals surface area contributed by atoms with Crippen LogP contribution in [-0.4, -0.2) is 30.1 Å². The second-order valence-electron chi connectivity index (χ2n) is 4.03. The lowest BCUT2D eigenvalue weighted by atomic mass is 10.2. The number of rotatable bonds is 3. The molecule has 1 heterocycles. The fourth-order valence-corrected chi connectivity index (χ4v) is 1.19. The summed E-state index contributed by atoms with van der Waals surface area (Å²) in [6, 6.07) is 0. The van der Waals surface area contributed by atoms with Gasteiger partial charge in [0.15, 0.2) is 0 Å². The Balaban J connectivity index is 2.17. The third-order valence-corrected chi connectivity index (χ3v) is 2.26. The van der Waals surface area contributed by atoms with Crippen molar-refractivity contribution in [1.29, 1.82) is 0 Å². The zero-order chi connectivity index (χ0) is 7.78. The summed E-state index contributed by atoms with van der Waals surface area (Å²) >= 11 is 0. The average molecular weight is 142 g/mol. The molecule has 2 heteroatoms. The first-order valence-electron chi connectivity index (χ1n) is 4.01. The van der Waals surface area contributed by atoms with Crippen LogP contribution in [0, 0.1) is 5.92 Å². The van der Waals surface area contributed by atoms with Crippen LogP contribution in [0.15, 0.2) is 0 Å². The van der Waals surface area contributed by atoms with Crippen LogP contribution in [0.4, 0.5) is 0 Å². The SMILES string of the molecule is CC(CN)CN1CC1(C)C. The lowest BCUT2D eigenvalue weighted by Crippen LogP contribution is -2.22. The highest BCUT2D eigenvalue weighted by Crippen LogP contribution is 2.30. The molecular formula is C8H18N2. The summed E-state index contributed by atoms with van der Waals surface area (Å²) in [5.41, 5.74) is 5.99. The molecule has 0 aromatic rings. The fourth-order valence-electron chi connectivity index (χ4n) is 1.19. The Morgan fingerprint density at radius 2 is 2.10 bits per heavy atom. The third kappa shape index (κ3) is 1.70. The van der Waals surface area contributed by atoms with Crippen molar-refractivity contribution in [3.8, 4) is 0 Å². The Labute approximate surface area is 63.4 Å². The maximum atomic E-state index is 5.51. The van der Waals surface area contributed by atoms with Gasteiger partial charge in [-0.2, -0.15) is 0 Å². The van der Waals surface area contributed by atoms with E-state index < -0.39 is 0 Å². The van der Waals surface area contributed by atoms with Gasteiger partial charge >= 0.3 is 0 Å². The Hall–Kier alpha value is -0.0800. The number of nitrogens with two attached hydrogens (primary N) is 1. The lowest BCUT2D eigenvalue weighted by Gasteiger charge is -2.11. The van der Waals surface area contributed by atoms with Crippen molar-refractivity contribution in [2.45, 2.75) is 26.3 Å². The van der Waals surface area contributed by atoms with Gasteiger partial charge in [-0.15, -0.1) is 0 Å². The second kappa shape index (κ2) is 2.51. The molecule has 0 saturated carbocycles. The first kappa shape index (κ1) is 8.02. The number of hydrogen-bond acceptors (Lipinski definition) is 2. The molecule has 2 N–H and O–H groups in total. The molecule has 1 aliphatic heterocycles. The molecule has 1 saturated heterocycles. The van der Waals surface area contributed by atoms with Crippen molar-refractivity contribution in [2.24, 2.45) is 11.7 Å². The Kier molecular flexibility index (Phi) is 2.02. The van der Waals surface area contributed by atoms with Crippen molar-refractivity contribution in [2.75, 3.05) is 19.6 Å². The molecule has 0 aromatic carbocycles. The van der Waals surface area contributed by atoms with E-state index in [1.54, 1.807) is 0 Å². The summed E-state index contributed by atoms with van der Waals surface area (Å²) in [5.74, 6) is 0.654. The molecule has 0 spiro atoms. The quantitative estimate of drug-likeness (QED) is 0.587. The van der Waals surface area contributed by atoms with E-state index in [4.69, 9.17) is 5.73 Å². The van der Waals surface area contributed by atoms with Crippen molar-refractivity contribution < 1.29 is 0 Å². The molecule has 2 nitrogen and oxygen atoms in total. The molecule has 0 radical (unpaired) electrons. The van der Waals surface area contributed by atoms with Crippen LogP contribution in [0.3, 0.4) is 0 Å². The van der Waals surface area contributed by atoms with E-state index in [9.17, 15) is 0 Å². The normalized spacial score (nSPS) is 31.8. The van der Waals surface area contributed by atoms with E-state index in [2.05, 4.69) is 25.7 Å². The van der Waals surface area contributed by atoms with Crippen molar-refractivity contribution in [3.63, 3.8) is 0 Å². The topological polar surface area (TPSA) is 29.0 Å². The molecule has 60 valence electrons. The lowest BCUT2D eigenvalue weighted by molar-refractivity contribution is 0.377. The molecule has 0 bridgehead atoms. The van der Waals surface area contributed by atoms with Crippen LogP contribution in [-0.2, 0) is 0 Å². The first-order valence-corrected chi connectivity index (χ1v) is 4.01. The molecule has 0 aromatic heterocycles. The summed E-state index contributed by atoms with van der Waals surface area (Å²) in [7, 11) is 0. The summed E-state index contributed by atoms with van der Waals surface area (Å²) in [6.07, 6.45) is 0. The van der Waals surface area contributed by atoms with E-state index in [0.29, 0.717) is 11.5 Å². The van der Waals surface area contributed by atoms with Crippen LogP contribution in [0.2, 0.25) is 0 Å². The van der Waals surface area contributed by atoms with Crippen LogP contribution in [0.1, 0.15) is 20.8 Å². The zero-order valence-corrected chi connectivity index (χ0v) is 7.22. The Morgan fingerprint density at radius 3 is 2.40 bits per heavy atom. The van der Waals surface area contributed by atoms with E-state index in [1.807, 2.05) is 0 Å². The highest BCUT2D eigenvalue weighted by atomic mass is 15.3. The van der Waals surface area contributed by atoms with Crippen LogP contribution >= 0.6 is 0 Å². The van der Waals surface area contributed by atoms with Gasteiger partial charge in [0.1, 0.15) is 0 Å². The van der Waals surface area contributed by atoms with Crippen molar-refractivity contribution >= 4 is 0 Å². The molecule has 1 aliphatic rings. The van der Waals surface area contributed by atoms with Gasteiger partial charge in [0.2, 0.25) is 0 Å². The van der Waals surface area contributed by atoms with E-state index in [0.717, 1.165) is 6.54 Å². The first-order chi connectivity index (χ1) is 4.56. The van der Waals surface area contributed by atoms with Gasteiger partial charge in [-0.05, 0) is 26.3 Å². The maximum Gasteiger partial charge on any atom is 0.0281 e. The summed E-state index contributed by atoms with van der Waals surface area (Å²) in [6.45, 7) is 9.98. The molecule has 0 aliphatic carbocycles. The van der Waals surface area contributed by atoms with Crippen molar-refractivity contribution in [3.05, 3.63) is 0 Å². The fraction of sp³-hybridized carbons (Fsp3) is 1.00. The molecule has 10 heavy (non-hydrogen) atoms. The van der Waals surface area contributed by atoms with Crippen LogP contribution in [0.5, 0.6) is 0 Å². The highest BCUT2D eigenvalue weighted by molar-refractivity contribution is 4.99. The molecule has 2 atom stereocenters. The van der Waals surface area contributed by atoms with E-state index in [-0.39, 0.29) is 0 Å². The van der Waals surface area contributed by atoms with Gasteiger partial charge < -0.3 is 5.73 Å². The van der Waals surface area contributed by atoms with Crippen molar-refractivity contribution in [1.82, 2.24) is 4.90 Å². The third-order valence-electron chi connectivity index (χ3n) is 2.26. The summed E-state index contributed by atoms with van der Waals surface area (Å²) < 4.78 is 0. The zero-order valence-electron chi connectivity index (χ0n) is 7.22. The highest BCUT2D eigenvalue weighted by Gasteiger charge is 2.42. The Morgan fingerprint density at radius 1 is 1.60 bits per heavy atom. The minimum absolute atomic E-state index is 0.476. The summed E-state index contributed by atoms with van der Waals surface area (Å²) in [5, 5.41) is 0. The smallest absolute Gasteiger partial charge is 0.0281 e. The number of hydrogen-bond donors (Lipinski definition) is 1. The van der Waals surface area contributed by atoms with Gasteiger partial charge in [0.25, 0.3) is 0 Å². The molecule has 1 fully saturated rings. The summed E-state index contributed by atoms with van der Waals surface area (Å²) in [4.78, 5) is 2.46. The van der Waals surface area contributed by atoms with Gasteiger partial charge in [-0.25, -0.2) is 0 Å². The van der Waals surface area contributed by atoms with Gasteiger partial charge in [0, 0.05) is 18.6 Å². The maximum absolute atomic E-state index is 5.51. The van der Waals surface area contributed by atoms with Crippen LogP contribution < -0.4 is 5.73 Å². The standard InChI is InChI=1S/C8H18N2/c1-7(4-9)5-10-6-8(10,2)3/h7H,4-6,9H2,1-3H3. The van der Waals surface area contributed by atoms with E-state index in [1.165, 1.54) is 13.1 Å². The molecule has 0 amide bonds. The second-order valence-corrected chi connectivity index (χ2v) is 4.03. The van der Waals surface area contributed by atoms with Gasteiger partial charge in [-0.1, -0.05) is 6.92 Å². The number of nitrogens with zero attached hydrogens (tertiary/aromatic N) is 1. The molecular weight excluding hydrogens is 124 g/mol. The molecule has 1 rings (SSSR count). The largest absolute Gasteiger partial charge is 0.330 e. The van der Waals surface area contributed by atoms with E-state index >= 15 is 0 Å². The minimum atomic E-state index is 0.476. The predicted molar refractivity (Wildman–Crippen MR) is 43.9 cm³/mol.